The second-order valence-electron chi connectivity index (χ2n) is 4.38. The van der Waals surface area contributed by atoms with E-state index in [0.717, 1.165) is 10.9 Å². The smallest absolute Gasteiger partial charge is 0.321 e. The van der Waals surface area contributed by atoms with E-state index < -0.39 is 11.9 Å². The van der Waals surface area contributed by atoms with Crippen molar-refractivity contribution < 1.29 is 14.3 Å². The maximum Gasteiger partial charge on any atom is 0.321 e. The highest BCUT2D eigenvalue weighted by Gasteiger charge is 2.08. The van der Waals surface area contributed by atoms with Crippen LogP contribution in [0.1, 0.15) is 4.88 Å². The Labute approximate surface area is 140 Å². The van der Waals surface area contributed by atoms with E-state index in [0.29, 0.717) is 12.3 Å². The molecule has 0 saturated heterocycles. The van der Waals surface area contributed by atoms with Gasteiger partial charge in [0.25, 0.3) is 5.91 Å². The van der Waals surface area contributed by atoms with Crippen LogP contribution >= 0.6 is 27.3 Å². The van der Waals surface area contributed by atoms with Crippen LogP contribution in [0.4, 0.5) is 4.79 Å². The van der Waals surface area contributed by atoms with Crippen LogP contribution in [0.3, 0.4) is 0 Å². The van der Waals surface area contributed by atoms with Crippen LogP contribution in [-0.4, -0.2) is 25.1 Å². The third-order valence-electron chi connectivity index (χ3n) is 2.67. The first-order valence-electron chi connectivity index (χ1n) is 6.62. The highest BCUT2D eigenvalue weighted by molar-refractivity contribution is 9.10. The number of halogens is 1. The van der Waals surface area contributed by atoms with Crippen LogP contribution in [0.15, 0.2) is 46.3 Å². The van der Waals surface area contributed by atoms with Gasteiger partial charge in [0, 0.05) is 15.9 Å². The van der Waals surface area contributed by atoms with Crippen molar-refractivity contribution >= 4 is 39.2 Å². The van der Waals surface area contributed by atoms with E-state index in [1.165, 1.54) is 4.88 Å². The minimum Gasteiger partial charge on any atom is -0.484 e. The summed E-state index contributed by atoms with van der Waals surface area (Å²) in [5.41, 5.74) is 0. The van der Waals surface area contributed by atoms with Crippen LogP contribution in [0, 0.1) is 0 Å². The molecule has 0 spiro atoms. The number of rotatable bonds is 6. The number of amides is 3. The number of hydrogen-bond donors (Lipinski definition) is 2. The Morgan fingerprint density at radius 1 is 1.18 bits per heavy atom. The minimum atomic E-state index is -0.513. The molecule has 0 aliphatic rings. The molecule has 3 amide bonds. The molecule has 0 aliphatic heterocycles. The molecular formula is C15H15BrN2O3S. The Hall–Kier alpha value is -1.86. The Bertz CT molecular complexity index is 614. The molecule has 0 bridgehead atoms. The van der Waals surface area contributed by atoms with E-state index in [-0.39, 0.29) is 6.61 Å². The van der Waals surface area contributed by atoms with Gasteiger partial charge in [-0.15, -0.1) is 11.3 Å². The summed E-state index contributed by atoms with van der Waals surface area (Å²) in [5, 5.41) is 6.84. The fourth-order valence-corrected chi connectivity index (χ4v) is 2.61. The summed E-state index contributed by atoms with van der Waals surface area (Å²) in [5.74, 6) is 0.0768. The molecule has 7 heteroatoms. The maximum absolute atomic E-state index is 11.6. The predicted octanol–water partition coefficient (Wildman–Crippen LogP) is 2.96. The lowest BCUT2D eigenvalue weighted by atomic mass is 10.3. The summed E-state index contributed by atoms with van der Waals surface area (Å²) in [6, 6.07) is 10.5. The van der Waals surface area contributed by atoms with Gasteiger partial charge in [0.05, 0.1) is 0 Å². The van der Waals surface area contributed by atoms with Gasteiger partial charge in [0.2, 0.25) is 0 Å². The van der Waals surface area contributed by atoms with Gasteiger partial charge in [-0.25, -0.2) is 4.79 Å². The lowest BCUT2D eigenvalue weighted by Crippen LogP contribution is -2.42. The zero-order chi connectivity index (χ0) is 15.8. The molecule has 0 fully saturated rings. The van der Waals surface area contributed by atoms with Crippen LogP contribution in [-0.2, 0) is 11.2 Å². The molecule has 5 nitrogen and oxygen atoms in total. The van der Waals surface area contributed by atoms with Gasteiger partial charge in [-0.1, -0.05) is 22.0 Å². The van der Waals surface area contributed by atoms with Gasteiger partial charge >= 0.3 is 6.03 Å². The van der Waals surface area contributed by atoms with Crippen molar-refractivity contribution in [3.05, 3.63) is 51.1 Å². The quantitative estimate of drug-likeness (QED) is 0.806. The number of ether oxygens (including phenoxy) is 1. The van der Waals surface area contributed by atoms with Gasteiger partial charge in [-0.2, -0.15) is 0 Å². The highest BCUT2D eigenvalue weighted by atomic mass is 79.9. The second kappa shape index (κ2) is 8.55. The first-order valence-corrected chi connectivity index (χ1v) is 8.29. The van der Waals surface area contributed by atoms with Gasteiger partial charge in [0.1, 0.15) is 5.75 Å². The average molecular weight is 383 g/mol. The summed E-state index contributed by atoms with van der Waals surface area (Å²) in [6.45, 7) is 0.271. The molecule has 0 radical (unpaired) electrons. The number of carbonyl (C=O) groups excluding carboxylic acids is 2. The zero-order valence-corrected chi connectivity index (χ0v) is 14.1. The molecule has 1 aromatic carbocycles. The van der Waals surface area contributed by atoms with E-state index in [4.69, 9.17) is 4.74 Å². The van der Waals surface area contributed by atoms with E-state index >= 15 is 0 Å². The summed E-state index contributed by atoms with van der Waals surface area (Å²) < 4.78 is 6.20. The topological polar surface area (TPSA) is 67.4 Å². The van der Waals surface area contributed by atoms with Gasteiger partial charge in [0.15, 0.2) is 6.61 Å². The number of nitrogens with one attached hydrogen (secondary N) is 2. The van der Waals surface area contributed by atoms with Crippen molar-refractivity contribution in [2.45, 2.75) is 6.42 Å². The van der Waals surface area contributed by atoms with Crippen LogP contribution in [0.5, 0.6) is 5.75 Å². The van der Waals surface area contributed by atoms with E-state index in [1.807, 2.05) is 29.6 Å². The molecular weight excluding hydrogens is 368 g/mol. The van der Waals surface area contributed by atoms with Crippen molar-refractivity contribution in [2.75, 3.05) is 13.2 Å². The third-order valence-corrected chi connectivity index (χ3v) is 4.14. The Morgan fingerprint density at radius 3 is 2.64 bits per heavy atom. The lowest BCUT2D eigenvalue weighted by Gasteiger charge is -2.08. The standard InChI is InChI=1S/C15H15BrN2O3S/c16-11-3-5-12(6-4-11)21-10-14(19)18-15(20)17-8-7-13-2-1-9-22-13/h1-6,9H,7-8,10H2,(H2,17,18,19,20). The largest absolute Gasteiger partial charge is 0.484 e. The van der Waals surface area contributed by atoms with Crippen molar-refractivity contribution in [3.63, 3.8) is 0 Å². The SMILES string of the molecule is O=C(COc1ccc(Br)cc1)NC(=O)NCCc1cccs1. The fourth-order valence-electron chi connectivity index (χ4n) is 1.64. The van der Waals surface area contributed by atoms with Crippen molar-refractivity contribution in [3.8, 4) is 5.75 Å². The second-order valence-corrected chi connectivity index (χ2v) is 6.32. The molecule has 2 aromatic rings. The molecule has 1 heterocycles. The van der Waals surface area contributed by atoms with E-state index in [1.54, 1.807) is 23.5 Å². The van der Waals surface area contributed by atoms with Crippen LogP contribution in [0.25, 0.3) is 0 Å². The Kier molecular flexibility index (Phi) is 6.42. The number of urea groups is 1. The van der Waals surface area contributed by atoms with Crippen molar-refractivity contribution in [2.24, 2.45) is 0 Å². The number of benzene rings is 1. The first-order chi connectivity index (χ1) is 10.6. The Morgan fingerprint density at radius 2 is 1.95 bits per heavy atom. The number of carbonyl (C=O) groups is 2. The minimum absolute atomic E-state index is 0.208. The number of imide groups is 1. The molecule has 2 rings (SSSR count). The van der Waals surface area contributed by atoms with Crippen molar-refractivity contribution in [1.29, 1.82) is 0 Å². The normalized spacial score (nSPS) is 10.0. The zero-order valence-electron chi connectivity index (χ0n) is 11.7. The lowest BCUT2D eigenvalue weighted by molar-refractivity contribution is -0.122. The summed E-state index contributed by atoms with van der Waals surface area (Å²) in [7, 11) is 0. The maximum atomic E-state index is 11.6. The number of hydrogen-bond acceptors (Lipinski definition) is 4. The molecule has 0 atom stereocenters. The average Bonchev–Trinajstić information content (AvgIpc) is 3.00. The summed E-state index contributed by atoms with van der Waals surface area (Å²) >= 11 is 4.94. The van der Waals surface area contributed by atoms with Crippen LogP contribution in [0.2, 0.25) is 0 Å². The van der Waals surface area contributed by atoms with Crippen molar-refractivity contribution in [1.82, 2.24) is 10.6 Å². The predicted molar refractivity (Wildman–Crippen MR) is 89.2 cm³/mol. The Balaban J connectivity index is 1.63. The van der Waals surface area contributed by atoms with Gasteiger partial charge < -0.3 is 10.1 Å². The fraction of sp³-hybridized carbons (Fsp3) is 0.200. The van der Waals surface area contributed by atoms with Gasteiger partial charge in [-0.05, 0) is 42.1 Å². The first kappa shape index (κ1) is 16.5. The molecule has 2 N–H and O–H groups in total. The van der Waals surface area contributed by atoms with E-state index in [9.17, 15) is 9.59 Å². The number of thiophene rings is 1. The molecule has 22 heavy (non-hydrogen) atoms. The molecule has 116 valence electrons. The third kappa shape index (κ3) is 5.87. The molecule has 0 saturated carbocycles. The monoisotopic (exact) mass is 382 g/mol. The highest BCUT2D eigenvalue weighted by Crippen LogP contribution is 2.15. The van der Waals surface area contributed by atoms with E-state index in [2.05, 4.69) is 26.6 Å². The van der Waals surface area contributed by atoms with Gasteiger partial charge in [-0.3, -0.25) is 10.1 Å². The van der Waals surface area contributed by atoms with Crippen LogP contribution < -0.4 is 15.4 Å². The summed E-state index contributed by atoms with van der Waals surface area (Å²) in [4.78, 5) is 24.3. The molecule has 1 aromatic heterocycles. The summed E-state index contributed by atoms with van der Waals surface area (Å²) in [6.07, 6.45) is 0.745. The molecule has 0 aliphatic carbocycles. The molecule has 0 unspecified atom stereocenters.